The summed E-state index contributed by atoms with van der Waals surface area (Å²) in [4.78, 5) is 75.7. The van der Waals surface area contributed by atoms with Crippen LogP contribution in [0.3, 0.4) is 0 Å². The molecule has 5 aromatic rings. The van der Waals surface area contributed by atoms with Crippen molar-refractivity contribution in [3.8, 4) is 33.4 Å². The van der Waals surface area contributed by atoms with Gasteiger partial charge in [-0.15, -0.1) is 11.3 Å². The van der Waals surface area contributed by atoms with Gasteiger partial charge in [0.15, 0.2) is 10.8 Å². The third-order valence-electron chi connectivity index (χ3n) is 12.8. The SMILES string of the molecule is CCOC(=O)c1ncsc1-c1ccc(CNC(=O)[C@@H]2CCCN2C(=O)C(NC(=O)COCCCCOc2ccc(-c3ccc(N4C(=S)N(c5ccc(C#N)c(C(F)(F)F)c5)C(=O)C4(C)C)cc3)cc2)C(C)(C)C)cc1. The molecule has 4 amide bonds. The number of esters is 1. The van der Waals surface area contributed by atoms with Crippen molar-refractivity contribution in [1.82, 2.24) is 20.5 Å². The summed E-state index contributed by atoms with van der Waals surface area (Å²) in [6.07, 6.45) is -2.41. The first-order chi connectivity index (χ1) is 35.6. The summed E-state index contributed by atoms with van der Waals surface area (Å²) in [5.74, 6) is -1.41. The predicted octanol–water partition coefficient (Wildman–Crippen LogP) is 9.47. The number of benzene rings is 4. The Morgan fingerprint density at radius 3 is 2.20 bits per heavy atom. The Morgan fingerprint density at radius 2 is 1.56 bits per heavy atom. The first-order valence-corrected chi connectivity index (χ1v) is 25.7. The van der Waals surface area contributed by atoms with E-state index in [9.17, 15) is 42.4 Å². The summed E-state index contributed by atoms with van der Waals surface area (Å²) < 4.78 is 58.1. The third kappa shape index (κ3) is 12.8. The number of nitrogens with one attached hydrogen (secondary N) is 2. The Morgan fingerprint density at radius 1 is 0.920 bits per heavy atom. The number of likely N-dealkylation sites (tertiary alicyclic amines) is 1. The van der Waals surface area contributed by atoms with Gasteiger partial charge in [0.05, 0.1) is 46.5 Å². The predicted molar refractivity (Wildman–Crippen MR) is 282 cm³/mol. The number of amides is 4. The van der Waals surface area contributed by atoms with Gasteiger partial charge in [-0.1, -0.05) is 69.3 Å². The zero-order chi connectivity index (χ0) is 54.2. The molecule has 2 fully saturated rings. The van der Waals surface area contributed by atoms with Gasteiger partial charge in [0.1, 0.15) is 30.0 Å². The first-order valence-electron chi connectivity index (χ1n) is 24.4. The van der Waals surface area contributed by atoms with Crippen LogP contribution in [0.25, 0.3) is 21.6 Å². The lowest BCUT2D eigenvalue weighted by molar-refractivity contribution is -0.144. The maximum atomic E-state index is 14.0. The number of aromatic nitrogens is 1. The summed E-state index contributed by atoms with van der Waals surface area (Å²) in [6.45, 7) is 11.9. The number of thiazole rings is 1. The largest absolute Gasteiger partial charge is 0.494 e. The highest BCUT2D eigenvalue weighted by molar-refractivity contribution is 7.81. The number of carbonyl (C=O) groups is 5. The van der Waals surface area contributed by atoms with Crippen LogP contribution in [0.1, 0.15) is 94.4 Å². The molecule has 0 bridgehead atoms. The van der Waals surface area contributed by atoms with Gasteiger partial charge >= 0.3 is 12.1 Å². The minimum absolute atomic E-state index is 0.00359. The second-order valence-corrected chi connectivity index (χ2v) is 20.8. The number of hydrogen-bond donors (Lipinski definition) is 2. The molecule has 0 aliphatic carbocycles. The minimum atomic E-state index is -4.81. The average Bonchev–Trinajstić information content (AvgIpc) is 4.12. The molecule has 1 unspecified atom stereocenters. The second kappa shape index (κ2) is 23.6. The molecule has 0 saturated carbocycles. The third-order valence-corrected chi connectivity index (χ3v) is 14.1. The van der Waals surface area contributed by atoms with Crippen molar-refractivity contribution >= 4 is 69.6 Å². The van der Waals surface area contributed by atoms with Crippen molar-refractivity contribution in [2.75, 3.05) is 42.8 Å². The molecule has 15 nitrogen and oxygen atoms in total. The Balaban J connectivity index is 0.831. The highest BCUT2D eigenvalue weighted by Crippen LogP contribution is 2.40. The van der Waals surface area contributed by atoms with Crippen LogP contribution in [0, 0.1) is 16.7 Å². The van der Waals surface area contributed by atoms with Gasteiger partial charge in [0.25, 0.3) is 5.91 Å². The number of unbranched alkanes of at least 4 members (excludes halogenated alkanes) is 1. The van der Waals surface area contributed by atoms with Gasteiger partial charge in [0, 0.05) is 25.4 Å². The quantitative estimate of drug-likeness (QED) is 0.0455. The molecule has 4 aromatic carbocycles. The standard InChI is InChI=1S/C55H58F3N7O8S2/c1-7-72-50(69)45-46(75-33-61-45)37-14-12-34(13-15-37)31-60-48(67)43-11-10-26-63(43)49(68)47(53(2,3)4)62-44(66)32-71-27-8-9-28-73-41-24-19-36(20-25-41)35-16-21-39(22-17-35)65-52(74)64(51(70)54(65,5)6)40-23-18-38(30-59)42(29-40)55(56,57)58/h12-25,29,33,43,47H,7-11,26-28,31-32H2,1-6H3,(H,60,67)(H,62,66)/t43-,47?/m0/s1. The van der Waals surface area contributed by atoms with E-state index in [0.29, 0.717) is 55.1 Å². The smallest absolute Gasteiger partial charge is 0.417 e. The van der Waals surface area contributed by atoms with Gasteiger partial charge in [-0.3, -0.25) is 24.1 Å². The van der Waals surface area contributed by atoms with E-state index in [4.69, 9.17) is 26.4 Å². The van der Waals surface area contributed by atoms with Crippen LogP contribution in [-0.2, 0) is 41.4 Å². The summed E-state index contributed by atoms with van der Waals surface area (Å²) >= 11 is 7.01. The molecular formula is C55H58F3N7O8S2. The fourth-order valence-corrected chi connectivity index (χ4v) is 10.2. The van der Waals surface area contributed by atoms with Crippen molar-refractivity contribution < 1.29 is 51.4 Å². The number of halogens is 3. The zero-order valence-corrected chi connectivity index (χ0v) is 44.0. The van der Waals surface area contributed by atoms with Crippen LogP contribution >= 0.6 is 23.6 Å². The Labute approximate surface area is 443 Å². The number of carbonyl (C=O) groups excluding carboxylic acids is 5. The van der Waals surface area contributed by atoms with Crippen LogP contribution in [0.5, 0.6) is 5.75 Å². The van der Waals surface area contributed by atoms with E-state index in [1.165, 1.54) is 17.4 Å². The number of ether oxygens (including phenoxy) is 3. The molecule has 2 aliphatic rings. The Bertz CT molecular complexity index is 2950. The number of anilines is 2. The highest BCUT2D eigenvalue weighted by Gasteiger charge is 2.51. The van der Waals surface area contributed by atoms with E-state index in [-0.39, 0.29) is 54.7 Å². The van der Waals surface area contributed by atoms with E-state index in [1.54, 1.807) is 54.3 Å². The molecule has 2 aliphatic heterocycles. The van der Waals surface area contributed by atoms with Crippen LogP contribution in [0.4, 0.5) is 24.5 Å². The Kier molecular flexibility index (Phi) is 17.4. The van der Waals surface area contributed by atoms with Crippen molar-refractivity contribution in [2.24, 2.45) is 5.41 Å². The number of hydrogen-bond acceptors (Lipinski definition) is 12. The normalized spacial score (nSPS) is 15.9. The van der Waals surface area contributed by atoms with E-state index in [1.807, 2.05) is 81.4 Å². The molecule has 7 rings (SSSR count). The number of rotatable bonds is 19. The lowest BCUT2D eigenvalue weighted by Crippen LogP contribution is -2.58. The van der Waals surface area contributed by atoms with Crippen LogP contribution in [0.2, 0.25) is 0 Å². The van der Waals surface area contributed by atoms with Gasteiger partial charge in [0.2, 0.25) is 17.7 Å². The number of nitrogens with zero attached hydrogens (tertiary/aromatic N) is 5. The van der Waals surface area contributed by atoms with E-state index in [2.05, 4.69) is 15.6 Å². The van der Waals surface area contributed by atoms with Gasteiger partial charge < -0.3 is 34.6 Å². The topological polar surface area (TPSA) is 184 Å². The van der Waals surface area contributed by atoms with E-state index >= 15 is 0 Å². The lowest BCUT2D eigenvalue weighted by atomic mass is 9.85. The van der Waals surface area contributed by atoms with Crippen LogP contribution < -0.4 is 25.2 Å². The molecule has 2 N–H and O–H groups in total. The molecule has 3 heterocycles. The Hall–Kier alpha value is -7.21. The average molecular weight is 1070 g/mol. The van der Waals surface area contributed by atoms with Gasteiger partial charge in [-0.2, -0.15) is 18.4 Å². The lowest BCUT2D eigenvalue weighted by Gasteiger charge is -2.35. The fraction of sp³-hybridized carbons (Fsp3) is 0.382. The summed E-state index contributed by atoms with van der Waals surface area (Å²) in [6, 6.07) is 25.2. The molecular weight excluding hydrogens is 1010 g/mol. The van der Waals surface area contributed by atoms with Crippen LogP contribution in [0.15, 0.2) is 96.5 Å². The van der Waals surface area contributed by atoms with Crippen molar-refractivity contribution in [3.63, 3.8) is 0 Å². The monoisotopic (exact) mass is 1070 g/mol. The highest BCUT2D eigenvalue weighted by atomic mass is 32.1. The molecule has 1 aromatic heterocycles. The first kappa shape index (κ1) is 55.5. The van der Waals surface area contributed by atoms with Gasteiger partial charge in [-0.05, 0) is 129 Å². The van der Waals surface area contributed by atoms with Crippen molar-refractivity contribution in [3.05, 3.63) is 119 Å². The summed E-state index contributed by atoms with van der Waals surface area (Å²) in [5, 5.41) is 15.1. The number of alkyl halides is 3. The molecule has 0 radical (unpaired) electrons. The van der Waals surface area contributed by atoms with E-state index < -0.39 is 58.1 Å². The second-order valence-electron chi connectivity index (χ2n) is 19.6. The minimum Gasteiger partial charge on any atom is -0.494 e. The van der Waals surface area contributed by atoms with E-state index in [0.717, 1.165) is 39.3 Å². The van der Waals surface area contributed by atoms with Crippen molar-refractivity contribution in [2.45, 2.75) is 97.6 Å². The molecule has 20 heteroatoms. The number of nitriles is 1. The van der Waals surface area contributed by atoms with Gasteiger partial charge in [-0.25, -0.2) is 9.78 Å². The maximum absolute atomic E-state index is 14.0. The molecule has 394 valence electrons. The number of thiocarbonyl (C=S) groups is 1. The molecule has 75 heavy (non-hydrogen) atoms. The fourth-order valence-electron chi connectivity index (χ4n) is 8.86. The summed E-state index contributed by atoms with van der Waals surface area (Å²) in [5.41, 5.74) is 2.12. The molecule has 0 spiro atoms. The molecule has 2 atom stereocenters. The molecule has 2 saturated heterocycles. The van der Waals surface area contributed by atoms with Crippen molar-refractivity contribution in [1.29, 1.82) is 5.26 Å². The van der Waals surface area contributed by atoms with Crippen LogP contribution in [-0.4, -0.2) is 95.2 Å². The zero-order valence-electron chi connectivity index (χ0n) is 42.4. The maximum Gasteiger partial charge on any atom is 0.417 e. The summed E-state index contributed by atoms with van der Waals surface area (Å²) in [7, 11) is 0.